The van der Waals surface area contributed by atoms with Crippen molar-refractivity contribution in [1.82, 2.24) is 10.2 Å². The fraction of sp³-hybridized carbons (Fsp3) is 0.917. The van der Waals surface area contributed by atoms with E-state index >= 15 is 0 Å². The van der Waals surface area contributed by atoms with Crippen LogP contribution in [0.15, 0.2) is 0 Å². The predicted octanol–water partition coefficient (Wildman–Crippen LogP) is -0.263. The van der Waals surface area contributed by atoms with Gasteiger partial charge in [-0.05, 0) is 33.2 Å². The number of nitrogens with zero attached hydrogens (tertiary/aromatic N) is 1. The molecular weight excluding hydrogens is 220 g/mol. The van der Waals surface area contributed by atoms with Crippen molar-refractivity contribution in [1.29, 1.82) is 0 Å². The summed E-state index contributed by atoms with van der Waals surface area (Å²) in [6, 6.07) is -0.0387. The lowest BCUT2D eigenvalue weighted by Gasteiger charge is -2.43. The molecule has 0 bridgehead atoms. The van der Waals surface area contributed by atoms with E-state index < -0.39 is 0 Å². The van der Waals surface area contributed by atoms with Crippen LogP contribution in [0.25, 0.3) is 0 Å². The highest BCUT2D eigenvalue weighted by Crippen LogP contribution is 2.22. The topological polar surface area (TPSA) is 61.8 Å². The van der Waals surface area contributed by atoms with Crippen LogP contribution < -0.4 is 5.32 Å². The van der Waals surface area contributed by atoms with Crippen LogP contribution in [0.5, 0.6) is 0 Å². The first-order valence-corrected chi connectivity index (χ1v) is 6.33. The van der Waals surface area contributed by atoms with Crippen LogP contribution in [-0.2, 0) is 9.53 Å². The Bertz CT molecular complexity index is 287. The fourth-order valence-electron chi connectivity index (χ4n) is 2.67. The zero-order valence-electron chi connectivity index (χ0n) is 10.6. The quantitative estimate of drug-likeness (QED) is 0.700. The molecule has 2 atom stereocenters. The van der Waals surface area contributed by atoms with Crippen molar-refractivity contribution in [2.24, 2.45) is 0 Å². The summed E-state index contributed by atoms with van der Waals surface area (Å²) in [6.07, 6.45) is 1.72. The molecule has 2 N–H and O–H groups in total. The van der Waals surface area contributed by atoms with Gasteiger partial charge >= 0.3 is 0 Å². The van der Waals surface area contributed by atoms with Crippen molar-refractivity contribution >= 4 is 5.91 Å². The van der Waals surface area contributed by atoms with Crippen molar-refractivity contribution in [3.63, 3.8) is 0 Å². The van der Waals surface area contributed by atoms with Crippen LogP contribution >= 0.6 is 0 Å². The number of nitrogens with one attached hydrogen (secondary N) is 1. The van der Waals surface area contributed by atoms with Crippen LogP contribution in [0.4, 0.5) is 0 Å². The smallest absolute Gasteiger partial charge is 0.239 e. The highest BCUT2D eigenvalue weighted by molar-refractivity contribution is 5.82. The standard InChI is InChI=1S/C12H22N2O3/c1-12(2)8-14(6-9(7-15)17-12)11(16)10-4-3-5-13-10/h9-10,13,15H,3-8H2,1-2H3. The molecule has 0 saturated carbocycles. The number of rotatable bonds is 2. The third kappa shape index (κ3) is 2.97. The highest BCUT2D eigenvalue weighted by Gasteiger charge is 2.37. The van der Waals surface area contributed by atoms with Gasteiger partial charge in [0.05, 0.1) is 24.4 Å². The largest absolute Gasteiger partial charge is 0.394 e. The van der Waals surface area contributed by atoms with Gasteiger partial charge in [-0.1, -0.05) is 0 Å². The second-order valence-corrected chi connectivity index (χ2v) is 5.55. The van der Waals surface area contributed by atoms with E-state index in [4.69, 9.17) is 4.74 Å². The summed E-state index contributed by atoms with van der Waals surface area (Å²) in [5.41, 5.74) is -0.375. The van der Waals surface area contributed by atoms with E-state index in [9.17, 15) is 9.90 Å². The Balaban J connectivity index is 2.01. The van der Waals surface area contributed by atoms with Crippen molar-refractivity contribution in [3.05, 3.63) is 0 Å². The number of amides is 1. The molecule has 0 radical (unpaired) electrons. The first-order valence-electron chi connectivity index (χ1n) is 6.33. The van der Waals surface area contributed by atoms with Gasteiger partial charge in [-0.3, -0.25) is 4.79 Å². The molecule has 2 rings (SSSR count). The van der Waals surface area contributed by atoms with Gasteiger partial charge in [-0.15, -0.1) is 0 Å². The van der Waals surface area contributed by atoms with Gasteiger partial charge < -0.3 is 20.1 Å². The number of morpholine rings is 1. The van der Waals surface area contributed by atoms with E-state index in [1.807, 2.05) is 18.7 Å². The molecule has 2 saturated heterocycles. The summed E-state index contributed by atoms with van der Waals surface area (Å²) in [5.74, 6) is 0.150. The number of hydrogen-bond donors (Lipinski definition) is 2. The number of carbonyl (C=O) groups is 1. The molecule has 1 amide bonds. The van der Waals surface area contributed by atoms with E-state index in [2.05, 4.69) is 5.32 Å². The normalized spacial score (nSPS) is 32.8. The van der Waals surface area contributed by atoms with Gasteiger partial charge in [0.2, 0.25) is 5.91 Å². The molecule has 2 aliphatic heterocycles. The molecular formula is C12H22N2O3. The van der Waals surface area contributed by atoms with Crippen molar-refractivity contribution in [2.75, 3.05) is 26.2 Å². The fourth-order valence-corrected chi connectivity index (χ4v) is 2.67. The maximum atomic E-state index is 12.3. The van der Waals surface area contributed by atoms with Crippen LogP contribution in [0, 0.1) is 0 Å². The molecule has 2 heterocycles. The highest BCUT2D eigenvalue weighted by atomic mass is 16.5. The summed E-state index contributed by atoms with van der Waals surface area (Å²) < 4.78 is 5.70. The molecule has 0 aromatic rings. The van der Waals surface area contributed by atoms with Crippen molar-refractivity contribution in [2.45, 2.75) is 44.4 Å². The van der Waals surface area contributed by atoms with E-state index in [0.717, 1.165) is 19.4 Å². The van der Waals surface area contributed by atoms with Crippen LogP contribution in [-0.4, -0.2) is 59.9 Å². The minimum absolute atomic E-state index is 0.0364. The van der Waals surface area contributed by atoms with E-state index in [0.29, 0.717) is 13.1 Å². The molecule has 0 aliphatic carbocycles. The Morgan fingerprint density at radius 3 is 2.94 bits per heavy atom. The number of carbonyl (C=O) groups excluding carboxylic acids is 1. The number of aliphatic hydroxyl groups excluding tert-OH is 1. The molecule has 5 nitrogen and oxygen atoms in total. The summed E-state index contributed by atoms with van der Waals surface area (Å²) in [6.45, 7) is 5.89. The zero-order chi connectivity index (χ0) is 12.5. The average Bonchev–Trinajstić information content (AvgIpc) is 2.79. The molecule has 0 spiro atoms. The Kier molecular flexibility index (Phi) is 3.70. The molecule has 2 aliphatic rings. The summed E-state index contributed by atoms with van der Waals surface area (Å²) in [4.78, 5) is 14.1. The van der Waals surface area contributed by atoms with Crippen LogP contribution in [0.3, 0.4) is 0 Å². The molecule has 2 fully saturated rings. The van der Waals surface area contributed by atoms with Crippen molar-refractivity contribution < 1.29 is 14.6 Å². The van der Waals surface area contributed by atoms with E-state index in [1.54, 1.807) is 0 Å². The predicted molar refractivity (Wildman–Crippen MR) is 63.6 cm³/mol. The lowest BCUT2D eigenvalue weighted by molar-refractivity contribution is -0.168. The lowest BCUT2D eigenvalue weighted by Crippen LogP contribution is -2.58. The minimum atomic E-state index is -0.375. The Morgan fingerprint density at radius 2 is 2.35 bits per heavy atom. The molecule has 5 heteroatoms. The average molecular weight is 242 g/mol. The molecule has 98 valence electrons. The number of ether oxygens (including phenoxy) is 1. The summed E-state index contributed by atoms with van der Waals surface area (Å²) in [5, 5.41) is 12.4. The van der Waals surface area contributed by atoms with Gasteiger partial charge in [0.25, 0.3) is 0 Å². The second-order valence-electron chi connectivity index (χ2n) is 5.55. The third-order valence-electron chi connectivity index (χ3n) is 3.36. The van der Waals surface area contributed by atoms with Crippen LogP contribution in [0.2, 0.25) is 0 Å². The molecule has 0 aromatic heterocycles. The summed E-state index contributed by atoms with van der Waals surface area (Å²) in [7, 11) is 0. The van der Waals surface area contributed by atoms with E-state index in [1.165, 1.54) is 0 Å². The van der Waals surface area contributed by atoms with Crippen LogP contribution in [0.1, 0.15) is 26.7 Å². The second kappa shape index (κ2) is 4.92. The number of hydrogen-bond acceptors (Lipinski definition) is 4. The molecule has 0 aromatic carbocycles. The SMILES string of the molecule is CC1(C)CN(C(=O)C2CCCN2)CC(CO)O1. The molecule has 2 unspecified atom stereocenters. The maximum absolute atomic E-state index is 12.3. The Hall–Kier alpha value is -0.650. The Labute approximate surface area is 102 Å². The minimum Gasteiger partial charge on any atom is -0.394 e. The first-order chi connectivity index (χ1) is 8.02. The molecule has 17 heavy (non-hydrogen) atoms. The first kappa shape index (κ1) is 12.8. The summed E-state index contributed by atoms with van der Waals surface area (Å²) >= 11 is 0. The Morgan fingerprint density at radius 1 is 1.59 bits per heavy atom. The lowest BCUT2D eigenvalue weighted by atomic mass is 10.0. The monoisotopic (exact) mass is 242 g/mol. The van der Waals surface area contributed by atoms with Gasteiger partial charge in [0, 0.05) is 13.1 Å². The van der Waals surface area contributed by atoms with Crippen molar-refractivity contribution in [3.8, 4) is 0 Å². The van der Waals surface area contributed by atoms with Gasteiger partial charge in [0.1, 0.15) is 0 Å². The third-order valence-corrected chi connectivity index (χ3v) is 3.36. The number of aliphatic hydroxyl groups is 1. The van der Waals surface area contributed by atoms with E-state index in [-0.39, 0.29) is 30.3 Å². The van der Waals surface area contributed by atoms with Gasteiger partial charge in [-0.25, -0.2) is 0 Å². The zero-order valence-corrected chi connectivity index (χ0v) is 10.6. The maximum Gasteiger partial charge on any atom is 0.239 e. The van der Waals surface area contributed by atoms with Gasteiger partial charge in [0.15, 0.2) is 0 Å². The van der Waals surface area contributed by atoms with Gasteiger partial charge in [-0.2, -0.15) is 0 Å².